The average molecular weight is 210 g/mol. The van der Waals surface area contributed by atoms with Crippen LogP contribution >= 0.6 is 0 Å². The zero-order valence-corrected chi connectivity index (χ0v) is 9.82. The van der Waals surface area contributed by atoms with Gasteiger partial charge < -0.3 is 10.6 Å². The Morgan fingerprint density at radius 3 is 2.73 bits per heavy atom. The predicted molar refractivity (Wildman–Crippen MR) is 63.1 cm³/mol. The summed E-state index contributed by atoms with van der Waals surface area (Å²) in [6, 6.07) is 0.543. The number of aliphatic imine (C=N–C) groups is 1. The van der Waals surface area contributed by atoms with Gasteiger partial charge in [0, 0.05) is 31.6 Å². The van der Waals surface area contributed by atoms with Gasteiger partial charge in [-0.25, -0.2) is 0 Å². The molecule has 0 aromatic heterocycles. The highest BCUT2D eigenvalue weighted by Gasteiger charge is 2.26. The van der Waals surface area contributed by atoms with E-state index in [0.717, 1.165) is 32.0 Å². The minimum Gasteiger partial charge on any atom is -0.387 e. The third-order valence-corrected chi connectivity index (χ3v) is 3.46. The summed E-state index contributed by atoms with van der Waals surface area (Å²) in [7, 11) is 4.36. The third-order valence-electron chi connectivity index (χ3n) is 3.46. The van der Waals surface area contributed by atoms with Crippen LogP contribution in [0.1, 0.15) is 12.8 Å². The number of rotatable bonds is 3. The number of nitrogens with two attached hydrogens (primary N) is 1. The molecule has 4 heteroatoms. The van der Waals surface area contributed by atoms with Crippen molar-refractivity contribution in [3.05, 3.63) is 0 Å². The van der Waals surface area contributed by atoms with Crippen LogP contribution < -0.4 is 5.73 Å². The second-order valence-electron chi connectivity index (χ2n) is 4.94. The molecule has 1 heterocycles. The van der Waals surface area contributed by atoms with Gasteiger partial charge in [0.15, 0.2) is 0 Å². The van der Waals surface area contributed by atoms with Crippen molar-refractivity contribution in [1.29, 1.82) is 0 Å². The molecule has 2 N–H and O–H groups in total. The van der Waals surface area contributed by atoms with E-state index in [-0.39, 0.29) is 0 Å². The molecule has 0 aromatic rings. The molecule has 1 saturated carbocycles. The van der Waals surface area contributed by atoms with Crippen molar-refractivity contribution in [2.75, 3.05) is 40.3 Å². The monoisotopic (exact) mass is 210 g/mol. The van der Waals surface area contributed by atoms with Gasteiger partial charge in [-0.2, -0.15) is 0 Å². The Kier molecular flexibility index (Phi) is 3.26. The quantitative estimate of drug-likeness (QED) is 0.527. The standard InChI is InChI=1S/C11H22N4/c1-14-5-6-15(2)10(8-14)7-13-11(12)9-3-4-9/h9-10H,3-8H2,1-2H3,(H2,12,13). The number of nitrogens with zero attached hydrogens (tertiary/aromatic N) is 3. The predicted octanol–water partition coefficient (Wildman–Crippen LogP) is -0.000600. The Labute approximate surface area is 92.1 Å². The number of hydrogen-bond acceptors (Lipinski definition) is 3. The Balaban J connectivity index is 1.83. The highest BCUT2D eigenvalue weighted by molar-refractivity contribution is 5.84. The van der Waals surface area contributed by atoms with Crippen LogP contribution in [0.5, 0.6) is 0 Å². The molecule has 1 unspecified atom stereocenters. The molecule has 15 heavy (non-hydrogen) atoms. The van der Waals surface area contributed by atoms with E-state index in [2.05, 4.69) is 28.9 Å². The fraction of sp³-hybridized carbons (Fsp3) is 0.909. The maximum absolute atomic E-state index is 5.89. The van der Waals surface area contributed by atoms with Crippen molar-refractivity contribution in [3.63, 3.8) is 0 Å². The highest BCUT2D eigenvalue weighted by Crippen LogP contribution is 2.28. The lowest BCUT2D eigenvalue weighted by molar-refractivity contribution is 0.119. The van der Waals surface area contributed by atoms with E-state index in [1.54, 1.807) is 0 Å². The van der Waals surface area contributed by atoms with Crippen LogP contribution in [0.3, 0.4) is 0 Å². The number of amidine groups is 1. The van der Waals surface area contributed by atoms with E-state index >= 15 is 0 Å². The lowest BCUT2D eigenvalue weighted by Crippen LogP contribution is -2.51. The summed E-state index contributed by atoms with van der Waals surface area (Å²) in [6.07, 6.45) is 2.49. The minimum absolute atomic E-state index is 0.543. The molecule has 0 radical (unpaired) electrons. The van der Waals surface area contributed by atoms with Crippen molar-refractivity contribution < 1.29 is 0 Å². The van der Waals surface area contributed by atoms with Crippen molar-refractivity contribution in [2.45, 2.75) is 18.9 Å². The van der Waals surface area contributed by atoms with Crippen LogP contribution in [0, 0.1) is 5.92 Å². The molecule has 1 atom stereocenters. The maximum atomic E-state index is 5.89. The van der Waals surface area contributed by atoms with Crippen LogP contribution in [0.2, 0.25) is 0 Å². The van der Waals surface area contributed by atoms with E-state index in [0.29, 0.717) is 12.0 Å². The van der Waals surface area contributed by atoms with Crippen molar-refractivity contribution in [2.24, 2.45) is 16.6 Å². The Bertz CT molecular complexity index is 247. The topological polar surface area (TPSA) is 44.9 Å². The molecule has 1 aliphatic heterocycles. The smallest absolute Gasteiger partial charge is 0.0969 e. The molecule has 0 aromatic carbocycles. The highest BCUT2D eigenvalue weighted by atomic mass is 15.3. The Hall–Kier alpha value is -0.610. The molecular formula is C11H22N4. The first-order chi connectivity index (χ1) is 7.16. The molecule has 0 bridgehead atoms. The zero-order chi connectivity index (χ0) is 10.8. The summed E-state index contributed by atoms with van der Waals surface area (Å²) in [4.78, 5) is 9.28. The van der Waals surface area contributed by atoms with Crippen LogP contribution in [0.15, 0.2) is 4.99 Å². The Morgan fingerprint density at radius 1 is 1.33 bits per heavy atom. The van der Waals surface area contributed by atoms with E-state index in [1.165, 1.54) is 12.8 Å². The van der Waals surface area contributed by atoms with Crippen LogP contribution in [0.4, 0.5) is 0 Å². The van der Waals surface area contributed by atoms with Crippen LogP contribution in [0.25, 0.3) is 0 Å². The lowest BCUT2D eigenvalue weighted by Gasteiger charge is -2.36. The molecule has 86 valence electrons. The second kappa shape index (κ2) is 4.49. The summed E-state index contributed by atoms with van der Waals surface area (Å²) in [5.74, 6) is 1.49. The third kappa shape index (κ3) is 2.92. The number of piperazine rings is 1. The molecule has 2 rings (SSSR count). The summed E-state index contributed by atoms with van der Waals surface area (Å²) < 4.78 is 0. The van der Waals surface area contributed by atoms with Gasteiger partial charge >= 0.3 is 0 Å². The average Bonchev–Trinajstić information content (AvgIpc) is 3.02. The molecule has 0 amide bonds. The SMILES string of the molecule is CN1CCN(C)C(CN=C(N)C2CC2)C1. The first-order valence-corrected chi connectivity index (χ1v) is 5.85. The van der Waals surface area contributed by atoms with Crippen LogP contribution in [-0.2, 0) is 0 Å². The van der Waals surface area contributed by atoms with Crippen LogP contribution in [-0.4, -0.2) is 62.0 Å². The normalized spacial score (nSPS) is 30.8. The number of likely N-dealkylation sites (N-methyl/N-ethyl adjacent to an activating group) is 2. The van der Waals surface area contributed by atoms with Gasteiger partial charge in [0.1, 0.15) is 0 Å². The van der Waals surface area contributed by atoms with Gasteiger partial charge in [-0.05, 0) is 26.9 Å². The fourth-order valence-corrected chi connectivity index (χ4v) is 2.02. The molecule has 2 fully saturated rings. The van der Waals surface area contributed by atoms with Crippen molar-refractivity contribution in [1.82, 2.24) is 9.80 Å². The van der Waals surface area contributed by atoms with Gasteiger partial charge in [-0.3, -0.25) is 9.89 Å². The van der Waals surface area contributed by atoms with E-state index in [4.69, 9.17) is 5.73 Å². The van der Waals surface area contributed by atoms with Gasteiger partial charge in [-0.1, -0.05) is 0 Å². The maximum Gasteiger partial charge on any atom is 0.0969 e. The molecule has 1 aliphatic carbocycles. The molecule has 0 spiro atoms. The van der Waals surface area contributed by atoms with Gasteiger partial charge in [-0.15, -0.1) is 0 Å². The summed E-state index contributed by atoms with van der Waals surface area (Å²) in [5, 5.41) is 0. The van der Waals surface area contributed by atoms with Crippen molar-refractivity contribution >= 4 is 5.84 Å². The molecule has 1 saturated heterocycles. The van der Waals surface area contributed by atoms with E-state index in [9.17, 15) is 0 Å². The largest absolute Gasteiger partial charge is 0.387 e. The summed E-state index contributed by atoms with van der Waals surface area (Å²) in [5.41, 5.74) is 5.89. The fourth-order valence-electron chi connectivity index (χ4n) is 2.02. The minimum atomic E-state index is 0.543. The summed E-state index contributed by atoms with van der Waals surface area (Å²) >= 11 is 0. The van der Waals surface area contributed by atoms with E-state index < -0.39 is 0 Å². The summed E-state index contributed by atoms with van der Waals surface area (Å²) in [6.45, 7) is 4.27. The lowest BCUT2D eigenvalue weighted by atomic mass is 10.2. The second-order valence-corrected chi connectivity index (χ2v) is 4.94. The number of hydrogen-bond donors (Lipinski definition) is 1. The molecular weight excluding hydrogens is 188 g/mol. The first kappa shape index (κ1) is 10.9. The molecule has 4 nitrogen and oxygen atoms in total. The van der Waals surface area contributed by atoms with Gasteiger partial charge in [0.25, 0.3) is 0 Å². The van der Waals surface area contributed by atoms with E-state index in [1.807, 2.05) is 0 Å². The first-order valence-electron chi connectivity index (χ1n) is 5.85. The Morgan fingerprint density at radius 2 is 2.07 bits per heavy atom. The zero-order valence-electron chi connectivity index (χ0n) is 9.82. The molecule has 2 aliphatic rings. The van der Waals surface area contributed by atoms with Gasteiger partial charge in [0.2, 0.25) is 0 Å². The van der Waals surface area contributed by atoms with Gasteiger partial charge in [0.05, 0.1) is 12.4 Å². The van der Waals surface area contributed by atoms with Crippen molar-refractivity contribution in [3.8, 4) is 0 Å².